The van der Waals surface area contributed by atoms with Crippen LogP contribution in [-0.2, 0) is 0 Å². The quantitative estimate of drug-likeness (QED) is 0.186. The molecule has 0 saturated carbocycles. The van der Waals surface area contributed by atoms with Crippen LogP contribution in [0.4, 0.5) is 0 Å². The average Bonchev–Trinajstić information content (AvgIpc) is 3.59. The fourth-order valence-corrected chi connectivity index (χ4v) is 7.26. The molecule has 0 aliphatic heterocycles. The van der Waals surface area contributed by atoms with Gasteiger partial charge in [-0.3, -0.25) is 0 Å². The number of para-hydroxylation sites is 1. The minimum Gasteiger partial charge on any atom is -0.456 e. The Morgan fingerprint density at radius 1 is 0.314 bits per heavy atom. The molecule has 2 aromatic heterocycles. The van der Waals surface area contributed by atoms with E-state index in [1.807, 2.05) is 48.5 Å². The van der Waals surface area contributed by atoms with E-state index >= 15 is 0 Å². The maximum atomic E-state index is 6.49. The number of nitrogens with zero attached hydrogens (tertiary/aromatic N) is 3. The molecular weight excluding hydrogens is 623 g/mol. The second kappa shape index (κ2) is 11.9. The Balaban J connectivity index is 1.21. The van der Waals surface area contributed by atoms with Crippen molar-refractivity contribution in [1.29, 1.82) is 0 Å². The van der Waals surface area contributed by atoms with E-state index < -0.39 is 0 Å². The molecule has 0 N–H and O–H groups in total. The Morgan fingerprint density at radius 2 is 0.902 bits per heavy atom. The van der Waals surface area contributed by atoms with Crippen molar-refractivity contribution in [3.05, 3.63) is 176 Å². The lowest BCUT2D eigenvalue weighted by molar-refractivity contribution is 0.669. The number of benzene rings is 8. The normalized spacial score (nSPS) is 11.5. The minimum absolute atomic E-state index is 0.631. The summed E-state index contributed by atoms with van der Waals surface area (Å²) in [6.45, 7) is 0. The summed E-state index contributed by atoms with van der Waals surface area (Å²) in [6, 6.07) is 61.0. The van der Waals surface area contributed by atoms with E-state index in [1.54, 1.807) is 0 Å². The molecule has 8 aromatic carbocycles. The molecule has 51 heavy (non-hydrogen) atoms. The van der Waals surface area contributed by atoms with Crippen molar-refractivity contribution in [2.45, 2.75) is 0 Å². The highest BCUT2D eigenvalue weighted by Crippen LogP contribution is 2.43. The highest BCUT2D eigenvalue weighted by atomic mass is 16.3. The molecule has 0 amide bonds. The lowest BCUT2D eigenvalue weighted by Crippen LogP contribution is -2.01. The minimum atomic E-state index is 0.631. The number of furan rings is 1. The van der Waals surface area contributed by atoms with Crippen molar-refractivity contribution < 1.29 is 4.42 Å². The molecule has 2 heterocycles. The summed E-state index contributed by atoms with van der Waals surface area (Å²) in [7, 11) is 0. The first-order chi connectivity index (χ1) is 25.3. The third-order valence-electron chi connectivity index (χ3n) is 9.72. The zero-order valence-electron chi connectivity index (χ0n) is 27.5. The lowest BCUT2D eigenvalue weighted by atomic mass is 9.90. The van der Waals surface area contributed by atoms with E-state index in [1.165, 1.54) is 5.39 Å². The maximum Gasteiger partial charge on any atom is 0.164 e. The summed E-state index contributed by atoms with van der Waals surface area (Å²) in [6.07, 6.45) is 0. The Morgan fingerprint density at radius 3 is 1.69 bits per heavy atom. The molecule has 0 radical (unpaired) electrons. The summed E-state index contributed by atoms with van der Waals surface area (Å²) in [5.74, 6) is 1.91. The third kappa shape index (κ3) is 5.04. The van der Waals surface area contributed by atoms with Gasteiger partial charge >= 0.3 is 0 Å². The van der Waals surface area contributed by atoms with Crippen LogP contribution in [0.5, 0.6) is 0 Å². The number of aromatic nitrogens is 3. The summed E-state index contributed by atoms with van der Waals surface area (Å²) < 4.78 is 6.49. The lowest BCUT2D eigenvalue weighted by Gasteiger charge is -2.15. The van der Waals surface area contributed by atoms with Gasteiger partial charge in [0, 0.05) is 27.5 Å². The summed E-state index contributed by atoms with van der Waals surface area (Å²) in [4.78, 5) is 15.3. The van der Waals surface area contributed by atoms with Crippen molar-refractivity contribution in [2.75, 3.05) is 0 Å². The van der Waals surface area contributed by atoms with Gasteiger partial charge in [0.1, 0.15) is 11.2 Å². The van der Waals surface area contributed by atoms with Crippen molar-refractivity contribution >= 4 is 43.5 Å². The zero-order chi connectivity index (χ0) is 33.7. The Labute approximate surface area is 294 Å². The van der Waals surface area contributed by atoms with E-state index in [-0.39, 0.29) is 0 Å². The molecule has 0 aliphatic rings. The standard InChI is InChI=1S/C47H29N3O/c1-3-13-30(14-4-1)35-28-41(44-40-21-11-12-22-42(40)51-43(44)29-35)38-25-26-39(37-20-10-9-19-36(37)38)47-49-45(32-16-5-2-6-17-32)48-46(50-47)34-24-23-31-15-7-8-18-33(31)27-34/h1-29H. The zero-order valence-corrected chi connectivity index (χ0v) is 27.5. The van der Waals surface area contributed by atoms with Crippen LogP contribution in [-0.4, -0.2) is 15.0 Å². The topological polar surface area (TPSA) is 51.8 Å². The van der Waals surface area contributed by atoms with Gasteiger partial charge in [0.15, 0.2) is 17.5 Å². The monoisotopic (exact) mass is 651 g/mol. The second-order valence-electron chi connectivity index (χ2n) is 12.8. The predicted molar refractivity (Wildman–Crippen MR) is 209 cm³/mol. The van der Waals surface area contributed by atoms with Gasteiger partial charge in [-0.1, -0.05) is 146 Å². The van der Waals surface area contributed by atoms with E-state index in [2.05, 4.69) is 127 Å². The number of rotatable bonds is 5. The third-order valence-corrected chi connectivity index (χ3v) is 9.72. The SMILES string of the molecule is c1ccc(-c2cc(-c3ccc(-c4nc(-c5ccccc5)nc(-c5ccc6ccccc6c5)n4)c4ccccc34)c3c(c2)oc2ccccc23)cc1. The van der Waals surface area contributed by atoms with Crippen molar-refractivity contribution in [3.8, 4) is 56.4 Å². The maximum absolute atomic E-state index is 6.49. The fraction of sp³-hybridized carbons (Fsp3) is 0. The molecule has 4 nitrogen and oxygen atoms in total. The van der Waals surface area contributed by atoms with Crippen LogP contribution in [0, 0.1) is 0 Å². The molecule has 10 rings (SSSR count). The van der Waals surface area contributed by atoms with Crippen LogP contribution in [0.3, 0.4) is 0 Å². The Bertz CT molecular complexity index is 2910. The van der Waals surface area contributed by atoms with Crippen molar-refractivity contribution in [1.82, 2.24) is 15.0 Å². The molecule has 238 valence electrons. The highest BCUT2D eigenvalue weighted by Gasteiger charge is 2.20. The molecule has 4 heteroatoms. The molecule has 0 unspecified atom stereocenters. The van der Waals surface area contributed by atoms with Crippen LogP contribution in [0.2, 0.25) is 0 Å². The fourth-order valence-electron chi connectivity index (χ4n) is 7.26. The summed E-state index contributed by atoms with van der Waals surface area (Å²) in [5, 5.41) is 6.70. The molecule has 0 bridgehead atoms. The van der Waals surface area contributed by atoms with Gasteiger partial charge < -0.3 is 4.42 Å². The van der Waals surface area contributed by atoms with Gasteiger partial charge in [0.2, 0.25) is 0 Å². The smallest absolute Gasteiger partial charge is 0.164 e. The van der Waals surface area contributed by atoms with E-state index in [0.717, 1.165) is 77.0 Å². The van der Waals surface area contributed by atoms with Gasteiger partial charge in [0.05, 0.1) is 0 Å². The highest BCUT2D eigenvalue weighted by molar-refractivity contribution is 6.17. The number of hydrogen-bond acceptors (Lipinski definition) is 4. The number of fused-ring (bicyclic) bond motifs is 5. The second-order valence-corrected chi connectivity index (χ2v) is 12.8. The molecule has 10 aromatic rings. The van der Waals surface area contributed by atoms with Crippen LogP contribution in [0.25, 0.3) is 99.9 Å². The number of hydrogen-bond donors (Lipinski definition) is 0. The molecule has 0 spiro atoms. The Kier molecular flexibility index (Phi) is 6.78. The first-order valence-electron chi connectivity index (χ1n) is 17.1. The van der Waals surface area contributed by atoms with Crippen molar-refractivity contribution in [2.24, 2.45) is 0 Å². The van der Waals surface area contributed by atoms with E-state index in [9.17, 15) is 0 Å². The van der Waals surface area contributed by atoms with Gasteiger partial charge in [0.25, 0.3) is 0 Å². The van der Waals surface area contributed by atoms with E-state index in [0.29, 0.717) is 17.5 Å². The predicted octanol–water partition coefficient (Wildman–Crippen LogP) is 12.4. The summed E-state index contributed by atoms with van der Waals surface area (Å²) in [5.41, 5.74) is 9.07. The van der Waals surface area contributed by atoms with Gasteiger partial charge in [-0.15, -0.1) is 0 Å². The summed E-state index contributed by atoms with van der Waals surface area (Å²) >= 11 is 0. The van der Waals surface area contributed by atoms with Gasteiger partial charge in [-0.25, -0.2) is 15.0 Å². The van der Waals surface area contributed by atoms with E-state index in [4.69, 9.17) is 19.4 Å². The van der Waals surface area contributed by atoms with Crippen molar-refractivity contribution in [3.63, 3.8) is 0 Å². The van der Waals surface area contributed by atoms with Crippen LogP contribution < -0.4 is 0 Å². The molecule has 0 atom stereocenters. The van der Waals surface area contributed by atoms with Gasteiger partial charge in [-0.05, 0) is 74.1 Å². The molecule has 0 aliphatic carbocycles. The first-order valence-corrected chi connectivity index (χ1v) is 17.1. The first kappa shape index (κ1) is 29.0. The van der Waals surface area contributed by atoms with Crippen LogP contribution in [0.1, 0.15) is 0 Å². The van der Waals surface area contributed by atoms with Crippen LogP contribution in [0.15, 0.2) is 180 Å². The molecule has 0 saturated heterocycles. The average molecular weight is 652 g/mol. The molecular formula is C47H29N3O. The molecule has 0 fully saturated rings. The largest absolute Gasteiger partial charge is 0.456 e. The van der Waals surface area contributed by atoms with Gasteiger partial charge in [-0.2, -0.15) is 0 Å². The van der Waals surface area contributed by atoms with Crippen LogP contribution >= 0.6 is 0 Å². The Hall–Kier alpha value is -6.91.